The fourth-order valence-corrected chi connectivity index (χ4v) is 5.99. The number of amides is 1. The fraction of sp³-hybridized carbons (Fsp3) is 0.667. The van der Waals surface area contributed by atoms with E-state index < -0.39 is 5.60 Å². The first-order chi connectivity index (χ1) is 18.2. The van der Waals surface area contributed by atoms with Crippen LogP contribution in [0, 0.1) is 18.3 Å². The Balaban J connectivity index is 1.20. The molecule has 1 amide bonds. The zero-order chi connectivity index (χ0) is 26.9. The molecule has 0 radical (unpaired) electrons. The first kappa shape index (κ1) is 26.4. The Hall–Kier alpha value is -3.23. The van der Waals surface area contributed by atoms with Gasteiger partial charge in [0.15, 0.2) is 0 Å². The van der Waals surface area contributed by atoms with Crippen LogP contribution in [0.4, 0.5) is 17.5 Å². The lowest BCUT2D eigenvalue weighted by Crippen LogP contribution is -2.45. The molecule has 3 fully saturated rings. The van der Waals surface area contributed by atoms with Crippen LogP contribution in [0.2, 0.25) is 0 Å². The van der Waals surface area contributed by atoms with E-state index in [2.05, 4.69) is 49.5 Å². The number of aromatic nitrogens is 4. The smallest absolute Gasteiger partial charge is 0.254 e. The number of nitriles is 1. The summed E-state index contributed by atoms with van der Waals surface area (Å²) in [6, 6.07) is 3.86. The van der Waals surface area contributed by atoms with Crippen molar-refractivity contribution in [1.82, 2.24) is 29.5 Å². The topological polar surface area (TPSA) is 124 Å². The van der Waals surface area contributed by atoms with Gasteiger partial charge in [0.2, 0.25) is 5.95 Å². The molecule has 2 N–H and O–H groups in total. The Morgan fingerprint density at radius 2 is 2.00 bits per heavy atom. The van der Waals surface area contributed by atoms with Crippen molar-refractivity contribution in [3.63, 3.8) is 0 Å². The van der Waals surface area contributed by atoms with Crippen molar-refractivity contribution >= 4 is 23.4 Å². The largest absolute Gasteiger partial charge is 0.369 e. The van der Waals surface area contributed by atoms with Crippen molar-refractivity contribution in [2.45, 2.75) is 83.0 Å². The molecule has 2 aromatic rings. The molecule has 2 aromatic heterocycles. The van der Waals surface area contributed by atoms with Crippen molar-refractivity contribution in [1.29, 1.82) is 5.26 Å². The second-order valence-electron chi connectivity index (χ2n) is 11.3. The maximum absolute atomic E-state index is 12.7. The number of rotatable bonds is 8. The van der Waals surface area contributed by atoms with Crippen LogP contribution in [0.25, 0.3) is 0 Å². The summed E-state index contributed by atoms with van der Waals surface area (Å²) < 4.78 is 7.79. The van der Waals surface area contributed by atoms with Crippen LogP contribution in [0.1, 0.15) is 69.7 Å². The van der Waals surface area contributed by atoms with Gasteiger partial charge in [0.1, 0.15) is 23.1 Å². The summed E-state index contributed by atoms with van der Waals surface area (Å²) in [6.07, 6.45) is 9.95. The quantitative estimate of drug-likeness (QED) is 0.504. The molecular formula is C27H39N9O2. The molecule has 5 rings (SSSR count). The predicted molar refractivity (Wildman–Crippen MR) is 144 cm³/mol. The highest BCUT2D eigenvalue weighted by molar-refractivity contribution is 5.84. The van der Waals surface area contributed by atoms with E-state index in [-0.39, 0.29) is 5.91 Å². The number of ether oxygens (including phenoxy) is 1. The van der Waals surface area contributed by atoms with Gasteiger partial charge in [-0.1, -0.05) is 0 Å². The number of aryl methyl sites for hydroxylation is 1. The second kappa shape index (κ2) is 10.9. The zero-order valence-corrected chi connectivity index (χ0v) is 22.9. The Bertz CT molecular complexity index is 1190. The van der Waals surface area contributed by atoms with E-state index in [9.17, 15) is 10.1 Å². The summed E-state index contributed by atoms with van der Waals surface area (Å²) in [5.74, 6) is 0.914. The van der Waals surface area contributed by atoms with Crippen LogP contribution in [0.15, 0.2) is 12.4 Å². The number of hydrogen-bond donors (Lipinski definition) is 2. The molecule has 3 aliphatic rings. The monoisotopic (exact) mass is 521 g/mol. The number of carbonyl (C=O) groups excluding carboxylic acids is 1. The van der Waals surface area contributed by atoms with Gasteiger partial charge < -0.3 is 25.2 Å². The highest BCUT2D eigenvalue weighted by Crippen LogP contribution is 2.40. The molecule has 0 aliphatic carbocycles. The third-order valence-electron chi connectivity index (χ3n) is 8.25. The molecule has 0 aromatic carbocycles. The van der Waals surface area contributed by atoms with E-state index in [0.29, 0.717) is 61.7 Å². The first-order valence-electron chi connectivity index (χ1n) is 13.7. The van der Waals surface area contributed by atoms with Gasteiger partial charge in [0.25, 0.3) is 5.91 Å². The normalized spacial score (nSPS) is 25.2. The number of carbonyl (C=O) groups is 1. The van der Waals surface area contributed by atoms with Gasteiger partial charge in [-0.3, -0.25) is 9.48 Å². The zero-order valence-electron chi connectivity index (χ0n) is 22.9. The van der Waals surface area contributed by atoms with Crippen molar-refractivity contribution < 1.29 is 9.53 Å². The van der Waals surface area contributed by atoms with Crippen LogP contribution < -0.4 is 10.6 Å². The van der Waals surface area contributed by atoms with E-state index >= 15 is 0 Å². The molecule has 2 atom stereocenters. The number of anilines is 3. The Labute approximate surface area is 224 Å². The van der Waals surface area contributed by atoms with Crippen LogP contribution in [-0.4, -0.2) is 86.4 Å². The molecule has 5 heterocycles. The Morgan fingerprint density at radius 1 is 1.24 bits per heavy atom. The van der Waals surface area contributed by atoms with E-state index in [1.807, 2.05) is 25.7 Å². The molecule has 2 unspecified atom stereocenters. The summed E-state index contributed by atoms with van der Waals surface area (Å²) in [6.45, 7) is 8.11. The summed E-state index contributed by atoms with van der Waals surface area (Å²) >= 11 is 0. The molecule has 0 saturated carbocycles. The third kappa shape index (κ3) is 5.47. The molecule has 0 spiro atoms. The minimum Gasteiger partial charge on any atom is -0.369 e. The molecule has 3 aliphatic heterocycles. The lowest BCUT2D eigenvalue weighted by atomic mass is 9.98. The first-order valence-corrected chi connectivity index (χ1v) is 13.7. The average molecular weight is 522 g/mol. The van der Waals surface area contributed by atoms with Crippen LogP contribution >= 0.6 is 0 Å². The maximum atomic E-state index is 12.7. The third-order valence-corrected chi connectivity index (χ3v) is 8.25. The summed E-state index contributed by atoms with van der Waals surface area (Å²) in [5.41, 5.74) is 1.36. The number of nitrogens with one attached hydrogen (secondary N) is 2. The fourth-order valence-electron chi connectivity index (χ4n) is 5.99. The average Bonchev–Trinajstić information content (AvgIpc) is 3.28. The van der Waals surface area contributed by atoms with Gasteiger partial charge in [-0.2, -0.15) is 15.3 Å². The number of nitrogens with zero attached hydrogens (tertiary/aromatic N) is 7. The van der Waals surface area contributed by atoms with Crippen LogP contribution in [0.3, 0.4) is 0 Å². The van der Waals surface area contributed by atoms with Crippen LogP contribution in [0.5, 0.6) is 0 Å². The van der Waals surface area contributed by atoms with E-state index in [0.717, 1.165) is 37.1 Å². The molecule has 11 nitrogen and oxygen atoms in total. The van der Waals surface area contributed by atoms with E-state index in [4.69, 9.17) is 9.84 Å². The van der Waals surface area contributed by atoms with Gasteiger partial charge in [-0.05, 0) is 66.3 Å². The van der Waals surface area contributed by atoms with Crippen molar-refractivity contribution in [3.05, 3.63) is 23.7 Å². The molecular weight excluding hydrogens is 482 g/mol. The lowest BCUT2D eigenvalue weighted by molar-refractivity contribution is -0.149. The van der Waals surface area contributed by atoms with Crippen molar-refractivity contribution in [2.75, 3.05) is 43.9 Å². The van der Waals surface area contributed by atoms with Crippen molar-refractivity contribution in [2.24, 2.45) is 0 Å². The molecule has 3 saturated heterocycles. The Morgan fingerprint density at radius 3 is 2.74 bits per heavy atom. The second-order valence-corrected chi connectivity index (χ2v) is 11.3. The molecule has 2 bridgehead atoms. The summed E-state index contributed by atoms with van der Waals surface area (Å²) in [5, 5.41) is 20.9. The van der Waals surface area contributed by atoms with Crippen molar-refractivity contribution in [3.8, 4) is 6.07 Å². The summed E-state index contributed by atoms with van der Waals surface area (Å²) in [4.78, 5) is 26.1. The summed E-state index contributed by atoms with van der Waals surface area (Å²) in [7, 11) is 2.25. The Kier molecular flexibility index (Phi) is 7.54. The highest BCUT2D eigenvalue weighted by atomic mass is 16.5. The minimum atomic E-state index is -0.788. The van der Waals surface area contributed by atoms with Gasteiger partial charge >= 0.3 is 0 Å². The maximum Gasteiger partial charge on any atom is 0.254 e. The van der Waals surface area contributed by atoms with Gasteiger partial charge in [-0.25, -0.2) is 4.98 Å². The van der Waals surface area contributed by atoms with Gasteiger partial charge in [0.05, 0.1) is 23.6 Å². The van der Waals surface area contributed by atoms with E-state index in [1.54, 1.807) is 0 Å². The molecule has 11 heteroatoms. The molecule has 38 heavy (non-hydrogen) atoms. The van der Waals surface area contributed by atoms with Gasteiger partial charge in [-0.15, -0.1) is 0 Å². The predicted octanol–water partition coefficient (Wildman–Crippen LogP) is 3.22. The number of hydrogen-bond acceptors (Lipinski definition) is 9. The van der Waals surface area contributed by atoms with Gasteiger partial charge in [0, 0.05) is 44.5 Å². The standard InChI is InChI=1S/C27H39N9O2/c1-18-23(17-36(33-18)22-13-20-7-8-21(14-22)34(20)4)31-26-30-16-19(15-28)24(32-26)29-9-5-10-35-11-6-12-38-27(2,3)25(35)37/h16-17,20-22H,5-14H2,1-4H3,(H2,29,30,31,32). The molecule has 204 valence electrons. The number of piperidine rings is 1. The van der Waals surface area contributed by atoms with Crippen LogP contribution in [-0.2, 0) is 9.53 Å². The SMILES string of the molecule is Cc1nn(C2CC3CCC(C2)N3C)cc1Nc1ncc(C#N)c(NCCCN2CCCOC(C)(C)C2=O)n1. The minimum absolute atomic E-state index is 0.0186. The highest BCUT2D eigenvalue weighted by Gasteiger charge is 2.39. The number of fused-ring (bicyclic) bond motifs is 2. The van der Waals surface area contributed by atoms with E-state index in [1.165, 1.54) is 19.0 Å². The lowest BCUT2D eigenvalue weighted by Gasteiger charge is -2.36.